The molecule has 0 radical (unpaired) electrons. The number of H-pyrrole nitrogens is 2. The Labute approximate surface area is 123 Å². The van der Waals surface area contributed by atoms with E-state index in [-0.39, 0.29) is 17.9 Å². The summed E-state index contributed by atoms with van der Waals surface area (Å²) in [4.78, 5) is 14.9. The van der Waals surface area contributed by atoms with Gasteiger partial charge in [0, 0.05) is 11.1 Å². The number of hydrogen-bond donors (Lipinski definition) is 2. The van der Waals surface area contributed by atoms with Crippen LogP contribution in [0.1, 0.15) is 11.5 Å². The van der Waals surface area contributed by atoms with Crippen molar-refractivity contribution in [1.29, 1.82) is 0 Å². The van der Waals surface area contributed by atoms with E-state index in [0.29, 0.717) is 17.1 Å². The zero-order valence-electron chi connectivity index (χ0n) is 11.3. The molecule has 0 aliphatic heterocycles. The first-order chi connectivity index (χ1) is 10.8. The van der Waals surface area contributed by atoms with Crippen LogP contribution in [0.5, 0.6) is 0 Å². The van der Waals surface area contributed by atoms with Gasteiger partial charge in [0.25, 0.3) is 11.4 Å². The second kappa shape index (κ2) is 4.92. The zero-order valence-corrected chi connectivity index (χ0v) is 11.3. The van der Waals surface area contributed by atoms with Gasteiger partial charge in [0.1, 0.15) is 0 Å². The molecule has 0 fully saturated rings. The molecule has 4 rings (SSSR count). The van der Waals surface area contributed by atoms with E-state index in [1.54, 1.807) is 0 Å². The number of aromatic nitrogens is 6. The fraction of sp³-hybridized carbons (Fsp3) is 0.0714. The Kier molecular flexibility index (Phi) is 2.78. The minimum absolute atomic E-state index is 0.167. The van der Waals surface area contributed by atoms with E-state index in [2.05, 4.69) is 30.6 Å². The minimum Gasteiger partial charge on any atom is -0.419 e. The van der Waals surface area contributed by atoms with Crippen molar-refractivity contribution in [3.05, 3.63) is 58.3 Å². The Bertz CT molecular complexity index is 986. The molecular weight excluding hydrogens is 284 g/mol. The van der Waals surface area contributed by atoms with Crippen LogP contribution in [0.4, 0.5) is 0 Å². The number of pyridine rings is 1. The number of fused-ring (bicyclic) bond motifs is 1. The molecule has 8 heteroatoms. The molecule has 22 heavy (non-hydrogen) atoms. The van der Waals surface area contributed by atoms with E-state index in [9.17, 15) is 4.79 Å². The summed E-state index contributed by atoms with van der Waals surface area (Å²) >= 11 is 0. The molecule has 3 aromatic heterocycles. The smallest absolute Gasteiger partial charge is 0.269 e. The van der Waals surface area contributed by atoms with Gasteiger partial charge in [-0.15, -0.1) is 10.2 Å². The molecule has 0 amide bonds. The summed E-state index contributed by atoms with van der Waals surface area (Å²) in [5.41, 5.74) is 1.66. The summed E-state index contributed by atoms with van der Waals surface area (Å²) in [6, 6.07) is 9.41. The standard InChI is InChI=1S/C14H10N6O2/c21-13-9(5-8-3-1-2-4-10(8)16-13)6-12-18-19-14(22-12)11-7-15-20-17-11/h1-5,7H,6H2,(H,16,21)(H,15,17,20). The van der Waals surface area contributed by atoms with Crippen LogP contribution in [0, 0.1) is 0 Å². The third kappa shape index (κ3) is 2.16. The van der Waals surface area contributed by atoms with Gasteiger partial charge in [0.15, 0.2) is 5.69 Å². The number of para-hydroxylation sites is 1. The molecule has 8 nitrogen and oxygen atoms in total. The zero-order chi connectivity index (χ0) is 14.9. The van der Waals surface area contributed by atoms with Crippen molar-refractivity contribution < 1.29 is 4.42 Å². The van der Waals surface area contributed by atoms with Crippen molar-refractivity contribution in [3.63, 3.8) is 0 Å². The lowest BCUT2D eigenvalue weighted by molar-refractivity contribution is 0.515. The highest BCUT2D eigenvalue weighted by atomic mass is 16.4. The molecule has 0 spiro atoms. The number of rotatable bonds is 3. The fourth-order valence-corrected chi connectivity index (χ4v) is 2.22. The third-order valence-electron chi connectivity index (χ3n) is 3.27. The second-order valence-electron chi connectivity index (χ2n) is 4.74. The van der Waals surface area contributed by atoms with Gasteiger partial charge in [0.05, 0.1) is 12.6 Å². The van der Waals surface area contributed by atoms with Crippen LogP contribution in [0.2, 0.25) is 0 Å². The molecule has 0 saturated carbocycles. The normalized spacial score (nSPS) is 11.1. The van der Waals surface area contributed by atoms with Crippen LogP contribution in [0.15, 0.2) is 45.7 Å². The molecule has 0 unspecified atom stereocenters. The predicted molar refractivity (Wildman–Crippen MR) is 77.0 cm³/mol. The van der Waals surface area contributed by atoms with Gasteiger partial charge in [-0.3, -0.25) is 4.79 Å². The first-order valence-corrected chi connectivity index (χ1v) is 6.59. The molecule has 0 aliphatic carbocycles. The molecule has 0 aliphatic rings. The van der Waals surface area contributed by atoms with Gasteiger partial charge in [-0.25, -0.2) is 0 Å². The molecule has 4 aromatic rings. The van der Waals surface area contributed by atoms with Crippen molar-refractivity contribution in [1.82, 2.24) is 30.6 Å². The Morgan fingerprint density at radius 1 is 1.18 bits per heavy atom. The maximum absolute atomic E-state index is 12.1. The Morgan fingerprint density at radius 2 is 2.09 bits per heavy atom. The van der Waals surface area contributed by atoms with Gasteiger partial charge in [0.2, 0.25) is 5.89 Å². The van der Waals surface area contributed by atoms with Crippen LogP contribution in [0.3, 0.4) is 0 Å². The molecule has 1 aromatic carbocycles. The molecule has 3 heterocycles. The van der Waals surface area contributed by atoms with Crippen LogP contribution < -0.4 is 5.56 Å². The molecule has 0 bridgehead atoms. The van der Waals surface area contributed by atoms with Crippen LogP contribution >= 0.6 is 0 Å². The lowest BCUT2D eigenvalue weighted by Gasteiger charge is -2.00. The van der Waals surface area contributed by atoms with Crippen molar-refractivity contribution in [2.24, 2.45) is 0 Å². The molecule has 108 valence electrons. The van der Waals surface area contributed by atoms with Crippen LogP contribution in [0.25, 0.3) is 22.5 Å². The van der Waals surface area contributed by atoms with Crippen molar-refractivity contribution in [2.75, 3.05) is 0 Å². The summed E-state index contributed by atoms with van der Waals surface area (Å²) in [5.74, 6) is 0.611. The highest BCUT2D eigenvalue weighted by Crippen LogP contribution is 2.16. The average Bonchev–Trinajstić information content (AvgIpc) is 3.18. The largest absolute Gasteiger partial charge is 0.419 e. The Morgan fingerprint density at radius 3 is 2.95 bits per heavy atom. The van der Waals surface area contributed by atoms with Crippen molar-refractivity contribution in [2.45, 2.75) is 6.42 Å². The third-order valence-corrected chi connectivity index (χ3v) is 3.27. The van der Waals surface area contributed by atoms with E-state index in [1.807, 2.05) is 30.3 Å². The number of benzene rings is 1. The Balaban J connectivity index is 1.69. The van der Waals surface area contributed by atoms with Gasteiger partial charge >= 0.3 is 0 Å². The first-order valence-electron chi connectivity index (χ1n) is 6.59. The van der Waals surface area contributed by atoms with Crippen molar-refractivity contribution >= 4 is 10.9 Å². The molecule has 2 N–H and O–H groups in total. The molecule has 0 saturated heterocycles. The predicted octanol–water partition coefficient (Wildman–Crippen LogP) is 1.29. The van der Waals surface area contributed by atoms with E-state index < -0.39 is 0 Å². The maximum atomic E-state index is 12.1. The average molecular weight is 294 g/mol. The summed E-state index contributed by atoms with van der Waals surface area (Å²) in [7, 11) is 0. The summed E-state index contributed by atoms with van der Waals surface area (Å²) in [6.07, 6.45) is 1.74. The van der Waals surface area contributed by atoms with Gasteiger partial charge in [-0.05, 0) is 17.5 Å². The fourth-order valence-electron chi connectivity index (χ4n) is 2.22. The lowest BCUT2D eigenvalue weighted by atomic mass is 10.1. The number of hydrogen-bond acceptors (Lipinski definition) is 6. The monoisotopic (exact) mass is 294 g/mol. The molecule has 0 atom stereocenters. The highest BCUT2D eigenvalue weighted by Gasteiger charge is 2.13. The number of nitrogens with one attached hydrogen (secondary N) is 2. The van der Waals surface area contributed by atoms with Gasteiger partial charge in [-0.1, -0.05) is 18.2 Å². The minimum atomic E-state index is -0.167. The van der Waals surface area contributed by atoms with E-state index >= 15 is 0 Å². The summed E-state index contributed by atoms with van der Waals surface area (Å²) in [6.45, 7) is 0. The SMILES string of the molecule is O=c1[nH]c2ccccc2cc1Cc1nnc(-c2cn[nH]n2)o1. The maximum Gasteiger partial charge on any atom is 0.269 e. The number of aromatic amines is 2. The van der Waals surface area contributed by atoms with E-state index in [4.69, 9.17) is 4.42 Å². The van der Waals surface area contributed by atoms with E-state index in [1.165, 1.54) is 6.20 Å². The topological polar surface area (TPSA) is 113 Å². The van der Waals surface area contributed by atoms with Gasteiger partial charge < -0.3 is 9.40 Å². The lowest BCUT2D eigenvalue weighted by Crippen LogP contribution is -2.12. The highest BCUT2D eigenvalue weighted by molar-refractivity contribution is 5.78. The van der Waals surface area contributed by atoms with Crippen LogP contribution in [-0.4, -0.2) is 30.6 Å². The molecular formula is C14H10N6O2. The van der Waals surface area contributed by atoms with Crippen LogP contribution in [-0.2, 0) is 6.42 Å². The number of nitrogens with zero attached hydrogens (tertiary/aromatic N) is 4. The quantitative estimate of drug-likeness (QED) is 0.588. The Hall–Kier alpha value is -3.29. The summed E-state index contributed by atoms with van der Waals surface area (Å²) in [5, 5.41) is 18.8. The van der Waals surface area contributed by atoms with Crippen molar-refractivity contribution in [3.8, 4) is 11.6 Å². The second-order valence-corrected chi connectivity index (χ2v) is 4.74. The summed E-state index contributed by atoms with van der Waals surface area (Å²) < 4.78 is 5.50. The van der Waals surface area contributed by atoms with E-state index in [0.717, 1.165) is 10.9 Å². The first kappa shape index (κ1) is 12.5. The van der Waals surface area contributed by atoms with Gasteiger partial charge in [-0.2, -0.15) is 15.4 Å².